The van der Waals surface area contributed by atoms with Crippen molar-refractivity contribution < 1.29 is 9.18 Å². The van der Waals surface area contributed by atoms with Crippen molar-refractivity contribution in [2.45, 2.75) is 0 Å². The number of carbonyl (C=O) groups is 1. The van der Waals surface area contributed by atoms with Gasteiger partial charge in [0.25, 0.3) is 5.91 Å². The molecule has 96 valence electrons. The third-order valence-electron chi connectivity index (χ3n) is 2.76. The van der Waals surface area contributed by atoms with E-state index >= 15 is 0 Å². The van der Waals surface area contributed by atoms with Gasteiger partial charge in [0.05, 0.1) is 11.8 Å². The van der Waals surface area contributed by atoms with Crippen molar-refractivity contribution in [2.75, 3.05) is 5.32 Å². The summed E-state index contributed by atoms with van der Waals surface area (Å²) in [5.41, 5.74) is 0.617. The number of aromatic amines is 1. The van der Waals surface area contributed by atoms with E-state index in [0.29, 0.717) is 10.9 Å². The van der Waals surface area contributed by atoms with Crippen LogP contribution in [0.1, 0.15) is 10.4 Å². The molecule has 1 aromatic carbocycles. The number of benzene rings is 1. The first kappa shape index (κ1) is 11.4. The Hall–Kier alpha value is -2.70. The van der Waals surface area contributed by atoms with Gasteiger partial charge in [-0.1, -0.05) is 5.21 Å². The number of rotatable bonds is 2. The molecular formula is C12H10FN5O. The maximum absolute atomic E-state index is 14.1. The first-order valence-corrected chi connectivity index (χ1v) is 5.58. The van der Waals surface area contributed by atoms with Gasteiger partial charge in [-0.25, -0.2) is 4.39 Å². The van der Waals surface area contributed by atoms with Crippen LogP contribution in [0.15, 0.2) is 30.6 Å². The van der Waals surface area contributed by atoms with Crippen LogP contribution < -0.4 is 5.32 Å². The fourth-order valence-corrected chi connectivity index (χ4v) is 1.86. The normalized spacial score (nSPS) is 10.8. The molecule has 0 fully saturated rings. The lowest BCUT2D eigenvalue weighted by Gasteiger charge is -2.03. The number of carbonyl (C=O) groups excluding carboxylic acids is 1. The van der Waals surface area contributed by atoms with Gasteiger partial charge in [0, 0.05) is 24.1 Å². The topological polar surface area (TPSA) is 75.6 Å². The van der Waals surface area contributed by atoms with Gasteiger partial charge in [0.1, 0.15) is 5.82 Å². The number of anilines is 1. The average Bonchev–Trinajstić information content (AvgIpc) is 2.99. The van der Waals surface area contributed by atoms with E-state index in [2.05, 4.69) is 20.6 Å². The van der Waals surface area contributed by atoms with E-state index in [9.17, 15) is 9.18 Å². The minimum Gasteiger partial charge on any atom is -0.361 e. The smallest absolute Gasteiger partial charge is 0.259 e. The molecule has 3 rings (SSSR count). The molecule has 2 aromatic heterocycles. The number of aromatic nitrogens is 4. The third kappa shape index (κ3) is 1.95. The molecule has 1 amide bonds. The second-order valence-electron chi connectivity index (χ2n) is 4.10. The maximum atomic E-state index is 14.1. The van der Waals surface area contributed by atoms with Crippen LogP contribution in [0.4, 0.5) is 10.2 Å². The quantitative estimate of drug-likeness (QED) is 0.735. The highest BCUT2D eigenvalue weighted by Gasteiger charge is 2.16. The maximum Gasteiger partial charge on any atom is 0.259 e. The van der Waals surface area contributed by atoms with Crippen molar-refractivity contribution in [3.63, 3.8) is 0 Å². The summed E-state index contributed by atoms with van der Waals surface area (Å²) in [4.78, 5) is 14.9. The Labute approximate surface area is 107 Å². The monoisotopic (exact) mass is 259 g/mol. The van der Waals surface area contributed by atoms with Crippen molar-refractivity contribution in [1.82, 2.24) is 20.0 Å². The number of nitrogens with zero attached hydrogens (tertiary/aromatic N) is 3. The highest BCUT2D eigenvalue weighted by atomic mass is 19.1. The molecule has 0 spiro atoms. The molecule has 0 saturated carbocycles. The molecule has 7 heteroatoms. The fraction of sp³-hybridized carbons (Fsp3) is 0.0833. The zero-order valence-corrected chi connectivity index (χ0v) is 10.0. The summed E-state index contributed by atoms with van der Waals surface area (Å²) < 4.78 is 15.6. The van der Waals surface area contributed by atoms with Gasteiger partial charge in [0.2, 0.25) is 0 Å². The van der Waals surface area contributed by atoms with Crippen molar-refractivity contribution in [1.29, 1.82) is 0 Å². The molecule has 2 N–H and O–H groups in total. The standard InChI is InChI=1S/C12H10FN5O/c1-18-6-10(16-17-18)15-12(19)8-2-3-9-7(11(8)13)4-5-14-9/h2-6,14H,1H3,(H,15,19). The number of nitrogens with one attached hydrogen (secondary N) is 2. The van der Waals surface area contributed by atoms with Crippen LogP contribution in [0.5, 0.6) is 0 Å². The van der Waals surface area contributed by atoms with E-state index in [1.165, 1.54) is 16.9 Å². The van der Waals surface area contributed by atoms with E-state index in [4.69, 9.17) is 0 Å². The van der Waals surface area contributed by atoms with E-state index in [1.807, 2.05) is 0 Å². The van der Waals surface area contributed by atoms with Crippen LogP contribution in [0, 0.1) is 5.82 Å². The lowest BCUT2D eigenvalue weighted by Crippen LogP contribution is -2.14. The molecular weight excluding hydrogens is 249 g/mol. The van der Waals surface area contributed by atoms with E-state index in [1.54, 1.807) is 25.4 Å². The molecule has 0 saturated heterocycles. The lowest BCUT2D eigenvalue weighted by atomic mass is 10.1. The molecule has 3 aromatic rings. The molecule has 19 heavy (non-hydrogen) atoms. The van der Waals surface area contributed by atoms with Crippen molar-refractivity contribution in [3.05, 3.63) is 42.0 Å². The van der Waals surface area contributed by atoms with Crippen molar-refractivity contribution >= 4 is 22.6 Å². The Bertz CT molecular complexity index is 760. The van der Waals surface area contributed by atoms with E-state index in [0.717, 1.165) is 0 Å². The van der Waals surface area contributed by atoms with Gasteiger partial charge in [0.15, 0.2) is 5.82 Å². The van der Waals surface area contributed by atoms with Crippen LogP contribution in [0.3, 0.4) is 0 Å². The van der Waals surface area contributed by atoms with Gasteiger partial charge in [-0.15, -0.1) is 5.10 Å². The molecule has 6 nitrogen and oxygen atoms in total. The molecule has 0 aliphatic rings. The minimum atomic E-state index is -0.555. The predicted octanol–water partition coefficient (Wildman–Crippen LogP) is 1.69. The number of amides is 1. The molecule has 0 atom stereocenters. The highest BCUT2D eigenvalue weighted by molar-refractivity contribution is 6.06. The summed E-state index contributed by atoms with van der Waals surface area (Å²) in [5, 5.41) is 10.3. The highest BCUT2D eigenvalue weighted by Crippen LogP contribution is 2.20. The molecule has 0 aliphatic carbocycles. The Morgan fingerprint density at radius 1 is 1.42 bits per heavy atom. The Morgan fingerprint density at radius 2 is 2.26 bits per heavy atom. The molecule has 2 heterocycles. The van der Waals surface area contributed by atoms with Crippen molar-refractivity contribution in [3.8, 4) is 0 Å². The summed E-state index contributed by atoms with van der Waals surface area (Å²) >= 11 is 0. The third-order valence-corrected chi connectivity index (χ3v) is 2.76. The van der Waals surface area contributed by atoms with Gasteiger partial charge in [-0.05, 0) is 18.2 Å². The summed E-state index contributed by atoms with van der Waals surface area (Å²) in [6.07, 6.45) is 3.16. The summed E-state index contributed by atoms with van der Waals surface area (Å²) in [6.45, 7) is 0. The van der Waals surface area contributed by atoms with Crippen LogP contribution in [0.25, 0.3) is 10.9 Å². The summed E-state index contributed by atoms with van der Waals surface area (Å²) in [7, 11) is 1.68. The summed E-state index contributed by atoms with van der Waals surface area (Å²) in [5.74, 6) is -0.831. The fourth-order valence-electron chi connectivity index (χ4n) is 1.86. The Kier molecular flexibility index (Phi) is 2.52. The lowest BCUT2D eigenvalue weighted by molar-refractivity contribution is 0.102. The second-order valence-corrected chi connectivity index (χ2v) is 4.10. The number of fused-ring (bicyclic) bond motifs is 1. The summed E-state index contributed by atoms with van der Waals surface area (Å²) in [6, 6.07) is 4.67. The number of hydrogen-bond acceptors (Lipinski definition) is 3. The number of H-pyrrole nitrogens is 1. The number of aryl methyl sites for hydroxylation is 1. The van der Waals surface area contributed by atoms with Crippen LogP contribution in [0.2, 0.25) is 0 Å². The predicted molar refractivity (Wildman–Crippen MR) is 67.2 cm³/mol. The van der Waals surface area contributed by atoms with Gasteiger partial charge < -0.3 is 10.3 Å². The molecule has 0 aliphatic heterocycles. The second kappa shape index (κ2) is 4.20. The van der Waals surface area contributed by atoms with Gasteiger partial charge >= 0.3 is 0 Å². The Morgan fingerprint density at radius 3 is 3.00 bits per heavy atom. The molecule has 0 unspecified atom stereocenters. The zero-order chi connectivity index (χ0) is 13.4. The minimum absolute atomic E-state index is 0.0299. The first-order valence-electron chi connectivity index (χ1n) is 5.58. The number of halogens is 1. The van der Waals surface area contributed by atoms with Gasteiger partial charge in [-0.3, -0.25) is 9.48 Å². The van der Waals surface area contributed by atoms with E-state index < -0.39 is 11.7 Å². The van der Waals surface area contributed by atoms with Crippen LogP contribution in [-0.2, 0) is 7.05 Å². The van der Waals surface area contributed by atoms with Crippen molar-refractivity contribution in [2.24, 2.45) is 7.05 Å². The van der Waals surface area contributed by atoms with Gasteiger partial charge in [-0.2, -0.15) is 0 Å². The van der Waals surface area contributed by atoms with Crippen LogP contribution >= 0.6 is 0 Å². The zero-order valence-electron chi connectivity index (χ0n) is 10.0. The van der Waals surface area contributed by atoms with Crippen LogP contribution in [-0.4, -0.2) is 25.9 Å². The largest absolute Gasteiger partial charge is 0.361 e. The first-order chi connectivity index (χ1) is 9.15. The Balaban J connectivity index is 1.95. The molecule has 0 bridgehead atoms. The average molecular weight is 259 g/mol. The van der Waals surface area contributed by atoms with E-state index in [-0.39, 0.29) is 11.4 Å². The number of hydrogen-bond donors (Lipinski definition) is 2. The molecule has 0 radical (unpaired) electrons. The SMILES string of the molecule is Cn1cc(NC(=O)c2ccc3[nH]ccc3c2F)nn1.